The fourth-order valence-electron chi connectivity index (χ4n) is 4.19. The number of hydrogen-bond acceptors (Lipinski definition) is 2. The third-order valence-electron chi connectivity index (χ3n) is 6.41. The lowest BCUT2D eigenvalue weighted by atomic mass is 10.0. The molecule has 0 aliphatic heterocycles. The number of Topliss-reactive ketones (excluding diaryl/α,β-unsaturated/α-hetero) is 1. The van der Waals surface area contributed by atoms with Gasteiger partial charge in [0.2, 0.25) is 5.78 Å². The highest BCUT2D eigenvalue weighted by Crippen LogP contribution is 2.12. The zero-order valence-electron chi connectivity index (χ0n) is 22.2. The number of nitrogens with one attached hydrogen (secondary N) is 1. The molecule has 3 heteroatoms. The van der Waals surface area contributed by atoms with Crippen LogP contribution in [-0.2, 0) is 0 Å². The number of carbonyl (C=O) groups excluding carboxylic acids is 2. The van der Waals surface area contributed by atoms with E-state index < -0.39 is 0 Å². The third kappa shape index (κ3) is 12.7. The summed E-state index contributed by atoms with van der Waals surface area (Å²) in [6.45, 7) is 2.26. The second-order valence-corrected chi connectivity index (χ2v) is 9.52. The van der Waals surface area contributed by atoms with E-state index in [1.807, 2.05) is 42.5 Å². The van der Waals surface area contributed by atoms with Crippen molar-refractivity contribution in [2.45, 2.75) is 96.8 Å². The molecule has 1 N–H and O–H groups in total. The van der Waals surface area contributed by atoms with Gasteiger partial charge in [-0.25, -0.2) is 0 Å². The Labute approximate surface area is 218 Å². The number of allylic oxidation sites excluding steroid dienone is 2. The Bertz CT molecular complexity index is 956. The van der Waals surface area contributed by atoms with Gasteiger partial charge in [0.15, 0.2) is 5.78 Å². The first-order chi connectivity index (χ1) is 17.7. The Morgan fingerprint density at radius 1 is 0.639 bits per heavy atom. The number of benzene rings is 1. The highest BCUT2D eigenvalue weighted by Gasteiger charge is 2.08. The first-order valence-corrected chi connectivity index (χ1v) is 14.0. The summed E-state index contributed by atoms with van der Waals surface area (Å²) in [5, 5.41) is 0. The number of aromatic nitrogens is 1. The summed E-state index contributed by atoms with van der Waals surface area (Å²) in [6, 6.07) is 18.2. The number of aromatic amines is 1. The van der Waals surface area contributed by atoms with Crippen molar-refractivity contribution in [3.63, 3.8) is 0 Å². The van der Waals surface area contributed by atoms with E-state index >= 15 is 0 Å². The highest BCUT2D eigenvalue weighted by atomic mass is 16.1. The monoisotopic (exact) mass is 487 g/mol. The average molecular weight is 488 g/mol. The lowest BCUT2D eigenvalue weighted by Crippen LogP contribution is -2.03. The lowest BCUT2D eigenvalue weighted by molar-refractivity contribution is 0.0976. The minimum Gasteiger partial charge on any atom is -0.358 e. The van der Waals surface area contributed by atoms with Crippen molar-refractivity contribution in [2.24, 2.45) is 0 Å². The Balaban J connectivity index is 1.66. The Hall–Kier alpha value is -2.94. The summed E-state index contributed by atoms with van der Waals surface area (Å²) >= 11 is 0. The number of carbonyl (C=O) groups is 2. The van der Waals surface area contributed by atoms with E-state index in [2.05, 4.69) is 24.1 Å². The van der Waals surface area contributed by atoms with Crippen molar-refractivity contribution in [2.75, 3.05) is 0 Å². The van der Waals surface area contributed by atoms with E-state index in [0.717, 1.165) is 12.8 Å². The van der Waals surface area contributed by atoms with Gasteiger partial charge in [0, 0.05) is 23.7 Å². The molecule has 0 spiro atoms. The fraction of sp³-hybridized carbons (Fsp3) is 0.455. The van der Waals surface area contributed by atoms with Crippen molar-refractivity contribution in [1.82, 2.24) is 4.98 Å². The van der Waals surface area contributed by atoms with Crippen molar-refractivity contribution in [3.8, 4) is 0 Å². The van der Waals surface area contributed by atoms with Gasteiger partial charge >= 0.3 is 0 Å². The van der Waals surface area contributed by atoms with Gasteiger partial charge in [-0.1, -0.05) is 119 Å². The third-order valence-corrected chi connectivity index (χ3v) is 6.41. The lowest BCUT2D eigenvalue weighted by Gasteiger charge is -2.02. The van der Waals surface area contributed by atoms with Crippen LogP contribution in [0.25, 0.3) is 0 Å². The summed E-state index contributed by atoms with van der Waals surface area (Å²) in [5.41, 5.74) is 1.67. The predicted octanol–water partition coefficient (Wildman–Crippen LogP) is 9.59. The molecule has 2 rings (SSSR count). The minimum absolute atomic E-state index is 0.0950. The molecule has 0 fully saturated rings. The molecule has 0 atom stereocenters. The number of unbranched alkanes of at least 4 members (excludes halogenated alkanes) is 11. The van der Waals surface area contributed by atoms with E-state index in [-0.39, 0.29) is 11.6 Å². The van der Waals surface area contributed by atoms with Gasteiger partial charge in [-0.05, 0) is 44.2 Å². The first kappa shape index (κ1) is 29.3. The molecule has 3 nitrogen and oxygen atoms in total. The van der Waals surface area contributed by atoms with Gasteiger partial charge in [0.05, 0.1) is 5.69 Å². The quantitative estimate of drug-likeness (QED) is 0.129. The van der Waals surface area contributed by atoms with Crippen LogP contribution >= 0.6 is 0 Å². The Kier molecular flexibility index (Phi) is 15.7. The smallest absolute Gasteiger partial charge is 0.209 e. The summed E-state index contributed by atoms with van der Waals surface area (Å²) in [4.78, 5) is 28.6. The number of hydrogen-bond donors (Lipinski definition) is 1. The predicted molar refractivity (Wildman–Crippen MR) is 152 cm³/mol. The maximum atomic E-state index is 12.8. The zero-order valence-corrected chi connectivity index (χ0v) is 22.2. The summed E-state index contributed by atoms with van der Waals surface area (Å²) < 4.78 is 0. The second-order valence-electron chi connectivity index (χ2n) is 9.52. The molecule has 194 valence electrons. The molecule has 0 radical (unpaired) electrons. The van der Waals surface area contributed by atoms with E-state index in [4.69, 9.17) is 0 Å². The molecule has 0 aliphatic rings. The molecule has 1 aromatic carbocycles. The molecular formula is C33H45NO2. The largest absolute Gasteiger partial charge is 0.358 e. The van der Waals surface area contributed by atoms with E-state index in [1.54, 1.807) is 24.4 Å². The van der Waals surface area contributed by atoms with Gasteiger partial charge in [0.1, 0.15) is 0 Å². The standard InChI is InChI=1S/C33H45NO2/c1-2-3-4-5-6-7-8-9-10-11-12-13-14-15-22-27-32(35)30-25-20-17-21-26-31(34-28-30)33(36)29-23-18-16-19-24-29/h9-10,16-21,23-26,28,34H,2-8,11-15,22,27H2,1H3/b10-9-,21-17?,25-20?,30-28?,31-26?. The van der Waals surface area contributed by atoms with Gasteiger partial charge in [-0.2, -0.15) is 0 Å². The van der Waals surface area contributed by atoms with E-state index in [9.17, 15) is 9.59 Å². The van der Waals surface area contributed by atoms with Gasteiger partial charge < -0.3 is 4.98 Å². The van der Waals surface area contributed by atoms with Gasteiger partial charge in [-0.3, -0.25) is 9.59 Å². The molecule has 36 heavy (non-hydrogen) atoms. The van der Waals surface area contributed by atoms with Crippen LogP contribution in [0.1, 0.15) is 123 Å². The van der Waals surface area contributed by atoms with E-state index in [1.165, 1.54) is 70.6 Å². The van der Waals surface area contributed by atoms with Crippen LogP contribution in [0.15, 0.2) is 79.0 Å². The maximum Gasteiger partial charge on any atom is 0.209 e. The van der Waals surface area contributed by atoms with Crippen molar-refractivity contribution in [1.29, 1.82) is 0 Å². The van der Waals surface area contributed by atoms with Crippen molar-refractivity contribution in [3.05, 3.63) is 95.8 Å². The first-order valence-electron chi connectivity index (χ1n) is 14.0. The van der Waals surface area contributed by atoms with Crippen LogP contribution in [0, 0.1) is 0 Å². The van der Waals surface area contributed by atoms with Crippen LogP contribution in [0.2, 0.25) is 0 Å². The molecule has 1 heterocycles. The van der Waals surface area contributed by atoms with Crippen LogP contribution in [0.4, 0.5) is 0 Å². The molecule has 2 aromatic rings. The topological polar surface area (TPSA) is 49.9 Å². The normalized spacial score (nSPS) is 10.9. The second kappa shape index (κ2) is 19.3. The molecule has 0 bridgehead atoms. The Morgan fingerprint density at radius 2 is 1.17 bits per heavy atom. The summed E-state index contributed by atoms with van der Waals surface area (Å²) in [7, 11) is 0. The molecular weight excluding hydrogens is 442 g/mol. The maximum absolute atomic E-state index is 12.8. The number of ketones is 2. The molecule has 0 unspecified atom stereocenters. The molecule has 0 saturated heterocycles. The summed E-state index contributed by atoms with van der Waals surface area (Å²) in [5.74, 6) is 0.0145. The van der Waals surface area contributed by atoms with Crippen molar-refractivity contribution >= 4 is 11.6 Å². The molecule has 0 saturated carbocycles. The SMILES string of the molecule is CCCCCCCC/C=C\CCCCCCCC(=O)c1cccccc(C(=O)c2ccccc2)[nH]c1. The molecule has 1 aromatic heterocycles. The molecule has 0 aliphatic carbocycles. The highest BCUT2D eigenvalue weighted by molar-refractivity contribution is 6.07. The fourth-order valence-corrected chi connectivity index (χ4v) is 4.19. The van der Waals surface area contributed by atoms with Gasteiger partial charge in [0.25, 0.3) is 0 Å². The van der Waals surface area contributed by atoms with Crippen molar-refractivity contribution < 1.29 is 9.59 Å². The number of rotatable bonds is 18. The summed E-state index contributed by atoms with van der Waals surface area (Å²) in [6.07, 6.45) is 23.1. The van der Waals surface area contributed by atoms with Crippen LogP contribution in [-0.4, -0.2) is 16.6 Å². The van der Waals surface area contributed by atoms with Crippen LogP contribution in [0.3, 0.4) is 0 Å². The number of H-pyrrole nitrogens is 1. The molecule has 0 amide bonds. The van der Waals surface area contributed by atoms with Gasteiger partial charge in [-0.15, -0.1) is 0 Å². The van der Waals surface area contributed by atoms with Crippen LogP contribution in [0.5, 0.6) is 0 Å². The Morgan fingerprint density at radius 3 is 1.81 bits per heavy atom. The zero-order chi connectivity index (χ0) is 25.7. The minimum atomic E-state index is -0.0950. The van der Waals surface area contributed by atoms with E-state index in [0.29, 0.717) is 23.2 Å². The van der Waals surface area contributed by atoms with Crippen LogP contribution < -0.4 is 0 Å². The average Bonchev–Trinajstić information content (AvgIpc) is 3.03.